The fourth-order valence-corrected chi connectivity index (χ4v) is 4.50. The van der Waals surface area contributed by atoms with Crippen LogP contribution >= 0.6 is 22.9 Å². The molecular formula is C20H18ClN5S. The van der Waals surface area contributed by atoms with Gasteiger partial charge in [0.2, 0.25) is 0 Å². The van der Waals surface area contributed by atoms with E-state index >= 15 is 0 Å². The Bertz CT molecular complexity index is 1120. The lowest BCUT2D eigenvalue weighted by Gasteiger charge is -2.28. The highest BCUT2D eigenvalue weighted by Gasteiger charge is 2.21. The summed E-state index contributed by atoms with van der Waals surface area (Å²) < 4.78 is 2.20. The monoisotopic (exact) mass is 395 g/mol. The largest absolute Gasteiger partial charge is 0.293 e. The number of aryl methyl sites for hydroxylation is 1. The fraction of sp³-hybridized carbons (Fsp3) is 0.250. The molecule has 0 saturated heterocycles. The molecule has 136 valence electrons. The molecule has 0 N–H and O–H groups in total. The predicted molar refractivity (Wildman–Crippen MR) is 108 cm³/mol. The van der Waals surface area contributed by atoms with E-state index in [1.807, 2.05) is 30.5 Å². The van der Waals surface area contributed by atoms with E-state index in [1.54, 1.807) is 11.3 Å². The summed E-state index contributed by atoms with van der Waals surface area (Å²) in [6.45, 7) is 4.84. The maximum Gasteiger partial charge on any atom is 0.194 e. The van der Waals surface area contributed by atoms with Gasteiger partial charge in [-0.05, 0) is 31.2 Å². The summed E-state index contributed by atoms with van der Waals surface area (Å²) in [4.78, 5) is 17.6. The third-order valence-electron chi connectivity index (χ3n) is 5.05. The van der Waals surface area contributed by atoms with Crippen LogP contribution in [0, 0.1) is 6.92 Å². The average molecular weight is 396 g/mol. The Labute approximate surface area is 166 Å². The summed E-state index contributed by atoms with van der Waals surface area (Å²) in [7, 11) is 0. The fourth-order valence-electron chi connectivity index (χ4n) is 3.59. The van der Waals surface area contributed by atoms with Gasteiger partial charge < -0.3 is 0 Å². The molecule has 0 unspecified atom stereocenters. The van der Waals surface area contributed by atoms with Gasteiger partial charge in [0.05, 0.1) is 17.1 Å². The minimum Gasteiger partial charge on any atom is -0.293 e. The standard InChI is InChI=1S/C20H18ClN5S/c1-13-18(26-8-9-27-20(26)23-13)12-25-7-6-17-15(11-25)10-22-19(24-17)14-2-4-16(21)5-3-14/h2-5,8-10H,6-7,11-12H2,1H3. The maximum atomic E-state index is 5.98. The second kappa shape index (κ2) is 6.71. The number of hydrogen-bond acceptors (Lipinski definition) is 5. The van der Waals surface area contributed by atoms with E-state index in [9.17, 15) is 0 Å². The zero-order valence-electron chi connectivity index (χ0n) is 14.9. The number of halogens is 1. The first kappa shape index (κ1) is 16.9. The van der Waals surface area contributed by atoms with Crippen molar-refractivity contribution in [1.29, 1.82) is 0 Å². The Morgan fingerprint density at radius 3 is 2.89 bits per heavy atom. The van der Waals surface area contributed by atoms with Gasteiger partial charge in [0, 0.05) is 60.0 Å². The van der Waals surface area contributed by atoms with E-state index in [0.717, 1.165) is 58.8 Å². The van der Waals surface area contributed by atoms with E-state index in [0.29, 0.717) is 0 Å². The van der Waals surface area contributed by atoms with E-state index in [4.69, 9.17) is 16.6 Å². The third kappa shape index (κ3) is 3.14. The summed E-state index contributed by atoms with van der Waals surface area (Å²) in [5.41, 5.74) is 5.74. The average Bonchev–Trinajstić information content (AvgIpc) is 3.24. The molecule has 0 aliphatic carbocycles. The second-order valence-corrected chi connectivity index (χ2v) is 8.14. The van der Waals surface area contributed by atoms with Crippen LogP contribution in [0.25, 0.3) is 16.3 Å². The van der Waals surface area contributed by atoms with Crippen LogP contribution in [0.5, 0.6) is 0 Å². The second-order valence-electron chi connectivity index (χ2n) is 6.83. The van der Waals surface area contributed by atoms with Crippen LogP contribution in [-0.2, 0) is 19.5 Å². The van der Waals surface area contributed by atoms with Crippen LogP contribution in [0.4, 0.5) is 0 Å². The Kier molecular flexibility index (Phi) is 4.19. The molecule has 0 saturated carbocycles. The van der Waals surface area contributed by atoms with Crippen LogP contribution in [0.1, 0.15) is 22.6 Å². The number of imidazole rings is 1. The number of fused-ring (bicyclic) bond motifs is 2. The molecule has 3 aromatic heterocycles. The van der Waals surface area contributed by atoms with Crippen molar-refractivity contribution in [1.82, 2.24) is 24.3 Å². The van der Waals surface area contributed by atoms with Crippen LogP contribution < -0.4 is 0 Å². The van der Waals surface area contributed by atoms with Gasteiger partial charge >= 0.3 is 0 Å². The normalized spacial score (nSPS) is 14.6. The molecule has 5 rings (SSSR count). The van der Waals surface area contributed by atoms with Gasteiger partial charge in [-0.1, -0.05) is 11.6 Å². The van der Waals surface area contributed by atoms with Crippen molar-refractivity contribution in [2.45, 2.75) is 26.4 Å². The molecule has 4 aromatic rings. The molecule has 0 fully saturated rings. The Balaban J connectivity index is 1.38. The molecule has 27 heavy (non-hydrogen) atoms. The molecule has 4 heterocycles. The lowest BCUT2D eigenvalue weighted by atomic mass is 10.1. The molecule has 1 aliphatic heterocycles. The zero-order valence-corrected chi connectivity index (χ0v) is 16.5. The van der Waals surface area contributed by atoms with Crippen molar-refractivity contribution in [3.63, 3.8) is 0 Å². The minimum absolute atomic E-state index is 0.724. The van der Waals surface area contributed by atoms with Gasteiger partial charge in [0.25, 0.3) is 0 Å². The van der Waals surface area contributed by atoms with Gasteiger partial charge in [0.15, 0.2) is 10.8 Å². The third-order valence-corrected chi connectivity index (χ3v) is 6.06. The van der Waals surface area contributed by atoms with Crippen molar-refractivity contribution in [2.24, 2.45) is 0 Å². The first-order valence-corrected chi connectivity index (χ1v) is 10.2. The number of benzene rings is 1. The molecular weight excluding hydrogens is 378 g/mol. The molecule has 0 atom stereocenters. The minimum atomic E-state index is 0.724. The van der Waals surface area contributed by atoms with E-state index < -0.39 is 0 Å². The van der Waals surface area contributed by atoms with Crippen molar-refractivity contribution >= 4 is 27.9 Å². The van der Waals surface area contributed by atoms with Crippen molar-refractivity contribution in [3.05, 3.63) is 69.7 Å². The SMILES string of the molecule is Cc1nc2sccn2c1CN1CCc2nc(-c3ccc(Cl)cc3)ncc2C1. The van der Waals surface area contributed by atoms with Crippen molar-refractivity contribution in [3.8, 4) is 11.4 Å². The summed E-state index contributed by atoms with van der Waals surface area (Å²) in [5.74, 6) is 0.769. The van der Waals surface area contributed by atoms with Crippen LogP contribution in [0.2, 0.25) is 5.02 Å². The van der Waals surface area contributed by atoms with E-state index in [1.165, 1.54) is 11.3 Å². The van der Waals surface area contributed by atoms with E-state index in [-0.39, 0.29) is 0 Å². The van der Waals surface area contributed by atoms with Crippen LogP contribution in [0.3, 0.4) is 0 Å². The number of aromatic nitrogens is 4. The smallest absolute Gasteiger partial charge is 0.194 e. The number of thiazole rings is 1. The topological polar surface area (TPSA) is 46.3 Å². The lowest BCUT2D eigenvalue weighted by Crippen LogP contribution is -2.31. The summed E-state index contributed by atoms with van der Waals surface area (Å²) in [6.07, 6.45) is 5.01. The maximum absolute atomic E-state index is 5.98. The Morgan fingerprint density at radius 1 is 1.19 bits per heavy atom. The molecule has 0 bridgehead atoms. The van der Waals surface area contributed by atoms with Crippen molar-refractivity contribution < 1.29 is 0 Å². The number of nitrogens with zero attached hydrogens (tertiary/aromatic N) is 5. The van der Waals surface area contributed by atoms with Gasteiger partial charge in [-0.15, -0.1) is 11.3 Å². The van der Waals surface area contributed by atoms with Gasteiger partial charge in [-0.2, -0.15) is 0 Å². The molecule has 5 nitrogen and oxygen atoms in total. The quantitative estimate of drug-likeness (QED) is 0.516. The molecule has 1 aromatic carbocycles. The summed E-state index contributed by atoms with van der Waals surface area (Å²) in [5, 5.41) is 2.81. The molecule has 7 heteroatoms. The Morgan fingerprint density at radius 2 is 2.04 bits per heavy atom. The van der Waals surface area contributed by atoms with Gasteiger partial charge in [-0.3, -0.25) is 9.30 Å². The number of hydrogen-bond donors (Lipinski definition) is 0. The summed E-state index contributed by atoms with van der Waals surface area (Å²) >= 11 is 7.66. The highest BCUT2D eigenvalue weighted by atomic mass is 35.5. The predicted octanol–water partition coefficient (Wildman–Crippen LogP) is 4.37. The lowest BCUT2D eigenvalue weighted by molar-refractivity contribution is 0.239. The first-order valence-electron chi connectivity index (χ1n) is 8.91. The molecule has 0 amide bonds. The molecule has 0 spiro atoms. The van der Waals surface area contributed by atoms with Crippen molar-refractivity contribution in [2.75, 3.05) is 6.54 Å². The zero-order chi connectivity index (χ0) is 18.4. The van der Waals surface area contributed by atoms with Gasteiger partial charge in [0.1, 0.15) is 0 Å². The van der Waals surface area contributed by atoms with Crippen LogP contribution in [-0.4, -0.2) is 30.8 Å². The highest BCUT2D eigenvalue weighted by molar-refractivity contribution is 7.15. The highest BCUT2D eigenvalue weighted by Crippen LogP contribution is 2.24. The molecule has 1 aliphatic rings. The number of rotatable bonds is 3. The summed E-state index contributed by atoms with van der Waals surface area (Å²) in [6, 6.07) is 7.68. The Hall–Kier alpha value is -2.28. The molecule has 0 radical (unpaired) electrons. The first-order chi connectivity index (χ1) is 13.2. The van der Waals surface area contributed by atoms with E-state index in [2.05, 4.69) is 37.8 Å². The van der Waals surface area contributed by atoms with Crippen LogP contribution in [0.15, 0.2) is 42.0 Å². The van der Waals surface area contributed by atoms with Gasteiger partial charge in [-0.25, -0.2) is 15.0 Å².